The Morgan fingerprint density at radius 1 is 1.38 bits per heavy atom. The molecule has 0 unspecified atom stereocenters. The number of nitrogens with one attached hydrogen (secondary N) is 1. The Morgan fingerprint density at radius 3 is 2.75 bits per heavy atom. The predicted molar refractivity (Wildman–Crippen MR) is 69.3 cm³/mol. The molecular formula is C11H12BrN3S. The van der Waals surface area contributed by atoms with Gasteiger partial charge in [0, 0.05) is 22.4 Å². The summed E-state index contributed by atoms with van der Waals surface area (Å²) in [6, 6.07) is 8.65. The minimum atomic E-state index is 0.315. The van der Waals surface area contributed by atoms with Crippen LogP contribution in [0.15, 0.2) is 34.1 Å². The van der Waals surface area contributed by atoms with Crippen molar-refractivity contribution >= 4 is 27.5 Å². The second kappa shape index (κ2) is 5.52. The number of rotatable bonds is 4. The van der Waals surface area contributed by atoms with Crippen LogP contribution in [-0.4, -0.2) is 9.59 Å². The Morgan fingerprint density at radius 2 is 2.12 bits per heavy atom. The molecule has 0 saturated carbocycles. The van der Waals surface area contributed by atoms with Crippen molar-refractivity contribution in [2.24, 2.45) is 0 Å². The Bertz CT molecular complexity index is 427. The van der Waals surface area contributed by atoms with E-state index in [-0.39, 0.29) is 0 Å². The van der Waals surface area contributed by atoms with Gasteiger partial charge in [0.25, 0.3) is 0 Å². The molecule has 3 nitrogen and oxygen atoms in total. The molecule has 16 heavy (non-hydrogen) atoms. The second-order valence-corrected chi connectivity index (χ2v) is 5.08. The number of nitrogens with zero attached hydrogens (tertiary/aromatic N) is 2. The van der Waals surface area contributed by atoms with Gasteiger partial charge in [0.1, 0.15) is 0 Å². The van der Waals surface area contributed by atoms with Crippen molar-refractivity contribution in [3.63, 3.8) is 0 Å². The molecule has 1 aromatic heterocycles. The lowest BCUT2D eigenvalue weighted by atomic mass is 10.1. The molecule has 0 spiro atoms. The van der Waals surface area contributed by atoms with Gasteiger partial charge in [0.15, 0.2) is 0 Å². The molecule has 2 rings (SSSR count). The van der Waals surface area contributed by atoms with Gasteiger partial charge in [-0.15, -0.1) is 5.10 Å². The van der Waals surface area contributed by atoms with E-state index < -0.39 is 0 Å². The van der Waals surface area contributed by atoms with Gasteiger partial charge in [-0.25, -0.2) is 0 Å². The third kappa shape index (κ3) is 3.10. The van der Waals surface area contributed by atoms with Crippen molar-refractivity contribution in [3.05, 3.63) is 45.4 Å². The normalized spacial score (nSPS) is 12.6. The molecule has 84 valence electrons. The van der Waals surface area contributed by atoms with Crippen LogP contribution >= 0.6 is 27.5 Å². The zero-order valence-electron chi connectivity index (χ0n) is 8.85. The van der Waals surface area contributed by atoms with Crippen LogP contribution in [0.3, 0.4) is 0 Å². The van der Waals surface area contributed by atoms with Gasteiger partial charge >= 0.3 is 0 Å². The number of aromatic nitrogens is 2. The fraction of sp³-hybridized carbons (Fsp3) is 0.273. The van der Waals surface area contributed by atoms with Crippen LogP contribution in [0, 0.1) is 0 Å². The predicted octanol–water partition coefficient (Wildman–Crippen LogP) is 3.15. The highest BCUT2D eigenvalue weighted by atomic mass is 79.9. The highest BCUT2D eigenvalue weighted by Crippen LogP contribution is 2.16. The fourth-order valence-electron chi connectivity index (χ4n) is 1.39. The van der Waals surface area contributed by atoms with E-state index >= 15 is 0 Å². The molecule has 0 aliphatic rings. The molecule has 0 aliphatic carbocycles. The number of hydrogen-bond acceptors (Lipinski definition) is 4. The molecule has 0 bridgehead atoms. The van der Waals surface area contributed by atoms with Crippen LogP contribution in [0.4, 0.5) is 0 Å². The SMILES string of the molecule is C[C@@H](NCc1csnn1)c1ccc(Br)cc1. The van der Waals surface area contributed by atoms with Gasteiger partial charge in [0.2, 0.25) is 0 Å². The van der Waals surface area contributed by atoms with E-state index in [0.717, 1.165) is 16.7 Å². The summed E-state index contributed by atoms with van der Waals surface area (Å²) >= 11 is 4.81. The summed E-state index contributed by atoms with van der Waals surface area (Å²) in [7, 11) is 0. The zero-order chi connectivity index (χ0) is 11.4. The van der Waals surface area contributed by atoms with Crippen molar-refractivity contribution in [1.29, 1.82) is 0 Å². The van der Waals surface area contributed by atoms with Gasteiger partial charge < -0.3 is 5.32 Å². The van der Waals surface area contributed by atoms with Crippen LogP contribution in [0.25, 0.3) is 0 Å². The van der Waals surface area contributed by atoms with Crippen LogP contribution in [0.2, 0.25) is 0 Å². The number of benzene rings is 1. The fourth-order valence-corrected chi connectivity index (χ4v) is 2.10. The van der Waals surface area contributed by atoms with Gasteiger partial charge in [-0.1, -0.05) is 32.6 Å². The summed E-state index contributed by atoms with van der Waals surface area (Å²) in [4.78, 5) is 0. The van der Waals surface area contributed by atoms with Crippen LogP contribution in [0.1, 0.15) is 24.2 Å². The highest BCUT2D eigenvalue weighted by Gasteiger charge is 2.05. The molecule has 0 amide bonds. The first-order valence-corrected chi connectivity index (χ1v) is 6.63. The third-order valence-corrected chi connectivity index (χ3v) is 3.45. The summed E-state index contributed by atoms with van der Waals surface area (Å²) in [6.45, 7) is 2.90. The summed E-state index contributed by atoms with van der Waals surface area (Å²) < 4.78 is 4.93. The summed E-state index contributed by atoms with van der Waals surface area (Å²) in [5.74, 6) is 0. The average Bonchev–Trinajstić information content (AvgIpc) is 2.80. The lowest BCUT2D eigenvalue weighted by Crippen LogP contribution is -2.18. The quantitative estimate of drug-likeness (QED) is 0.942. The molecular weight excluding hydrogens is 286 g/mol. The second-order valence-electron chi connectivity index (χ2n) is 3.55. The molecule has 0 saturated heterocycles. The number of halogens is 1. The molecule has 0 fully saturated rings. The van der Waals surface area contributed by atoms with E-state index in [9.17, 15) is 0 Å². The first-order chi connectivity index (χ1) is 7.75. The van der Waals surface area contributed by atoms with Crippen LogP contribution < -0.4 is 5.32 Å². The summed E-state index contributed by atoms with van der Waals surface area (Å²) in [5, 5.41) is 9.36. The maximum atomic E-state index is 3.99. The van der Waals surface area contributed by atoms with E-state index in [2.05, 4.69) is 62.0 Å². The molecule has 0 radical (unpaired) electrons. The molecule has 1 aromatic carbocycles. The Balaban J connectivity index is 1.93. The highest BCUT2D eigenvalue weighted by molar-refractivity contribution is 9.10. The topological polar surface area (TPSA) is 37.8 Å². The molecule has 0 aliphatic heterocycles. The van der Waals surface area contributed by atoms with E-state index in [1.807, 2.05) is 5.38 Å². The van der Waals surface area contributed by atoms with Gasteiger partial charge in [-0.05, 0) is 36.2 Å². The number of hydrogen-bond donors (Lipinski definition) is 1. The minimum absolute atomic E-state index is 0.315. The lowest BCUT2D eigenvalue weighted by molar-refractivity contribution is 0.567. The Hall–Kier alpha value is -0.780. The third-order valence-electron chi connectivity index (χ3n) is 2.36. The van der Waals surface area contributed by atoms with Gasteiger partial charge in [-0.3, -0.25) is 0 Å². The molecule has 2 aromatic rings. The molecule has 1 N–H and O–H groups in total. The van der Waals surface area contributed by atoms with E-state index in [1.54, 1.807) is 0 Å². The first kappa shape index (κ1) is 11.7. The van der Waals surface area contributed by atoms with Gasteiger partial charge in [-0.2, -0.15) is 0 Å². The maximum Gasteiger partial charge on any atom is 0.0893 e. The molecule has 1 atom stereocenters. The lowest BCUT2D eigenvalue weighted by Gasteiger charge is -2.13. The van der Waals surface area contributed by atoms with Crippen LogP contribution in [0.5, 0.6) is 0 Å². The van der Waals surface area contributed by atoms with Crippen molar-refractivity contribution in [2.75, 3.05) is 0 Å². The van der Waals surface area contributed by atoms with Crippen molar-refractivity contribution in [1.82, 2.24) is 14.9 Å². The van der Waals surface area contributed by atoms with Crippen molar-refractivity contribution in [2.45, 2.75) is 19.5 Å². The smallest absolute Gasteiger partial charge is 0.0893 e. The van der Waals surface area contributed by atoms with E-state index in [1.165, 1.54) is 17.1 Å². The average molecular weight is 298 g/mol. The van der Waals surface area contributed by atoms with E-state index in [0.29, 0.717) is 6.04 Å². The zero-order valence-corrected chi connectivity index (χ0v) is 11.3. The van der Waals surface area contributed by atoms with Crippen molar-refractivity contribution in [3.8, 4) is 0 Å². The summed E-state index contributed by atoms with van der Waals surface area (Å²) in [5.41, 5.74) is 2.26. The van der Waals surface area contributed by atoms with Crippen molar-refractivity contribution < 1.29 is 0 Å². The molecule has 5 heteroatoms. The first-order valence-electron chi connectivity index (χ1n) is 5.00. The monoisotopic (exact) mass is 297 g/mol. The van der Waals surface area contributed by atoms with Gasteiger partial charge in [0.05, 0.1) is 5.69 Å². The van der Waals surface area contributed by atoms with E-state index in [4.69, 9.17) is 0 Å². The summed E-state index contributed by atoms with van der Waals surface area (Å²) in [6.07, 6.45) is 0. The minimum Gasteiger partial charge on any atom is -0.304 e. The molecule has 1 heterocycles. The van der Waals surface area contributed by atoms with Crippen LogP contribution in [-0.2, 0) is 6.54 Å². The largest absolute Gasteiger partial charge is 0.304 e. The Labute approximate surface area is 107 Å². The maximum absolute atomic E-state index is 3.99. The standard InChI is InChI=1S/C11H12BrN3S/c1-8(9-2-4-10(12)5-3-9)13-6-11-7-16-15-14-11/h2-5,7-8,13H,6H2,1H3/t8-/m1/s1. The Kier molecular flexibility index (Phi) is 4.04.